The van der Waals surface area contributed by atoms with Gasteiger partial charge >= 0.3 is 0 Å². The third-order valence-electron chi connectivity index (χ3n) is 7.10. The van der Waals surface area contributed by atoms with E-state index in [4.69, 9.17) is 4.74 Å². The molecule has 1 saturated carbocycles. The van der Waals surface area contributed by atoms with E-state index in [0.29, 0.717) is 23.7 Å². The minimum atomic E-state index is -0.190. The van der Waals surface area contributed by atoms with Crippen LogP contribution in [-0.4, -0.2) is 48.2 Å². The molecule has 8 nitrogen and oxygen atoms in total. The fraction of sp³-hybridized carbons (Fsp3) is 0.414. The van der Waals surface area contributed by atoms with Gasteiger partial charge in [-0.2, -0.15) is 0 Å². The molecular formula is C29H35N5O3. The number of benzene rings is 2. The highest BCUT2D eigenvalue weighted by Crippen LogP contribution is 2.38. The molecule has 2 aromatic carbocycles. The van der Waals surface area contributed by atoms with Crippen LogP contribution in [0, 0.1) is 6.92 Å². The molecule has 2 fully saturated rings. The van der Waals surface area contributed by atoms with Gasteiger partial charge in [0.1, 0.15) is 5.75 Å². The second kappa shape index (κ2) is 11.2. The van der Waals surface area contributed by atoms with Crippen molar-refractivity contribution in [3.63, 3.8) is 0 Å². The Hall–Kier alpha value is -3.65. The van der Waals surface area contributed by atoms with E-state index in [2.05, 4.69) is 26.6 Å². The molecule has 2 aliphatic rings. The van der Waals surface area contributed by atoms with Gasteiger partial charge in [-0.25, -0.2) is 4.98 Å². The van der Waals surface area contributed by atoms with E-state index in [1.807, 2.05) is 44.3 Å². The summed E-state index contributed by atoms with van der Waals surface area (Å²) >= 11 is 0. The highest BCUT2D eigenvalue weighted by Gasteiger charge is 2.31. The molecule has 1 saturated heterocycles. The first-order valence-electron chi connectivity index (χ1n) is 13.2. The van der Waals surface area contributed by atoms with Crippen LogP contribution in [0.4, 0.5) is 5.82 Å². The molecule has 5 rings (SSSR count). The number of para-hydroxylation sites is 1. The number of aryl methyl sites for hydroxylation is 1. The average molecular weight is 502 g/mol. The lowest BCUT2D eigenvalue weighted by molar-refractivity contribution is 0.0951. The molecule has 3 aromatic rings. The zero-order valence-electron chi connectivity index (χ0n) is 21.6. The standard InChI is InChI=1S/C29H35N5O3/c1-20-10-11-21(28(35)32-22-12-13-22)19-25(20)34-17-15-31-27(29(34)36)33-16-5-8-24(33)23-7-3-4-9-26(23)37-18-6-14-30-2/h3-4,7,9-11,15,17,19,22,24,30H,5-6,8,12-14,16,18H2,1-2H3,(H,32,35)/t24-/m0/s1. The first-order valence-corrected chi connectivity index (χ1v) is 13.2. The molecule has 1 aromatic heterocycles. The van der Waals surface area contributed by atoms with Crippen molar-refractivity contribution in [1.29, 1.82) is 0 Å². The third kappa shape index (κ3) is 5.54. The maximum atomic E-state index is 13.8. The Morgan fingerprint density at radius 3 is 2.81 bits per heavy atom. The van der Waals surface area contributed by atoms with Gasteiger partial charge in [-0.05, 0) is 76.4 Å². The fourth-order valence-electron chi connectivity index (χ4n) is 4.96. The maximum Gasteiger partial charge on any atom is 0.298 e. The van der Waals surface area contributed by atoms with E-state index >= 15 is 0 Å². The van der Waals surface area contributed by atoms with Gasteiger partial charge in [0.05, 0.1) is 18.3 Å². The molecule has 2 N–H and O–H groups in total. The van der Waals surface area contributed by atoms with Crippen molar-refractivity contribution in [3.05, 3.63) is 81.9 Å². The van der Waals surface area contributed by atoms with Gasteiger partial charge in [0, 0.05) is 36.1 Å². The molecule has 2 heterocycles. The molecule has 1 aliphatic heterocycles. The predicted molar refractivity (Wildman–Crippen MR) is 145 cm³/mol. The van der Waals surface area contributed by atoms with Gasteiger partial charge in [0.25, 0.3) is 11.5 Å². The molecular weight excluding hydrogens is 466 g/mol. The van der Waals surface area contributed by atoms with E-state index in [9.17, 15) is 9.59 Å². The van der Waals surface area contributed by atoms with Crippen LogP contribution in [0.15, 0.2) is 59.7 Å². The number of anilines is 1. The maximum absolute atomic E-state index is 13.8. The Morgan fingerprint density at radius 2 is 2.00 bits per heavy atom. The summed E-state index contributed by atoms with van der Waals surface area (Å²) in [5, 5.41) is 6.17. The summed E-state index contributed by atoms with van der Waals surface area (Å²) in [5.41, 5.74) is 3.06. The zero-order chi connectivity index (χ0) is 25.8. The van der Waals surface area contributed by atoms with Crippen LogP contribution in [0.5, 0.6) is 5.75 Å². The summed E-state index contributed by atoms with van der Waals surface area (Å²) in [6.07, 6.45) is 8.20. The monoisotopic (exact) mass is 501 g/mol. The Labute approximate surface area is 217 Å². The topological polar surface area (TPSA) is 88.5 Å². The summed E-state index contributed by atoms with van der Waals surface area (Å²) in [6.45, 7) is 4.22. The fourth-order valence-corrected chi connectivity index (χ4v) is 4.96. The Kier molecular flexibility index (Phi) is 7.55. The minimum absolute atomic E-state index is 0.00769. The van der Waals surface area contributed by atoms with E-state index in [1.165, 1.54) is 0 Å². The van der Waals surface area contributed by atoms with Crippen molar-refractivity contribution in [2.45, 2.75) is 51.1 Å². The Morgan fingerprint density at radius 1 is 1.16 bits per heavy atom. The number of ether oxygens (including phenoxy) is 1. The molecule has 37 heavy (non-hydrogen) atoms. The van der Waals surface area contributed by atoms with Crippen molar-refractivity contribution in [2.75, 3.05) is 31.6 Å². The van der Waals surface area contributed by atoms with E-state index in [0.717, 1.165) is 62.1 Å². The number of hydrogen-bond donors (Lipinski definition) is 2. The SMILES string of the molecule is CNCCCOc1ccccc1[C@@H]1CCCN1c1nccn(-c2cc(C(=O)NC3CC3)ccc2C)c1=O. The van der Waals surface area contributed by atoms with E-state index in [-0.39, 0.29) is 23.6 Å². The molecule has 1 atom stereocenters. The average Bonchev–Trinajstić information content (AvgIpc) is 3.59. The number of carbonyl (C=O) groups is 1. The van der Waals surface area contributed by atoms with E-state index < -0.39 is 0 Å². The first-order chi connectivity index (χ1) is 18.1. The van der Waals surface area contributed by atoms with Crippen LogP contribution in [0.2, 0.25) is 0 Å². The Balaban J connectivity index is 1.44. The number of amides is 1. The smallest absolute Gasteiger partial charge is 0.298 e. The lowest BCUT2D eigenvalue weighted by Crippen LogP contribution is -2.33. The number of aromatic nitrogens is 2. The van der Waals surface area contributed by atoms with Crippen LogP contribution in [0.25, 0.3) is 5.69 Å². The second-order valence-electron chi connectivity index (χ2n) is 9.87. The van der Waals surface area contributed by atoms with Gasteiger partial charge < -0.3 is 20.3 Å². The van der Waals surface area contributed by atoms with Crippen LogP contribution in [0.3, 0.4) is 0 Å². The van der Waals surface area contributed by atoms with Crippen molar-refractivity contribution in [3.8, 4) is 11.4 Å². The van der Waals surface area contributed by atoms with Crippen molar-refractivity contribution in [1.82, 2.24) is 20.2 Å². The third-order valence-corrected chi connectivity index (χ3v) is 7.10. The number of carbonyl (C=O) groups excluding carboxylic acids is 1. The summed E-state index contributed by atoms with van der Waals surface area (Å²) in [5.74, 6) is 1.18. The van der Waals surface area contributed by atoms with Gasteiger partial charge in [-0.3, -0.25) is 14.2 Å². The number of nitrogens with zero attached hydrogens (tertiary/aromatic N) is 3. The first kappa shape index (κ1) is 25.0. The van der Waals surface area contributed by atoms with Gasteiger partial charge in [0.15, 0.2) is 5.82 Å². The van der Waals surface area contributed by atoms with Crippen molar-refractivity contribution < 1.29 is 9.53 Å². The van der Waals surface area contributed by atoms with Crippen LogP contribution >= 0.6 is 0 Å². The zero-order valence-corrected chi connectivity index (χ0v) is 21.6. The number of rotatable bonds is 10. The minimum Gasteiger partial charge on any atom is -0.493 e. The summed E-state index contributed by atoms with van der Waals surface area (Å²) < 4.78 is 7.75. The van der Waals surface area contributed by atoms with Gasteiger partial charge in [0.2, 0.25) is 0 Å². The quantitative estimate of drug-likeness (QED) is 0.411. The molecule has 0 unspecified atom stereocenters. The van der Waals surface area contributed by atoms with E-state index in [1.54, 1.807) is 23.0 Å². The van der Waals surface area contributed by atoms with Crippen molar-refractivity contribution >= 4 is 11.7 Å². The van der Waals surface area contributed by atoms with Crippen LogP contribution in [0.1, 0.15) is 59.6 Å². The van der Waals surface area contributed by atoms with Crippen LogP contribution < -0.4 is 25.8 Å². The second-order valence-corrected chi connectivity index (χ2v) is 9.87. The summed E-state index contributed by atoms with van der Waals surface area (Å²) in [4.78, 5) is 33.1. The molecule has 1 amide bonds. The summed E-state index contributed by atoms with van der Waals surface area (Å²) in [7, 11) is 1.94. The molecule has 0 bridgehead atoms. The van der Waals surface area contributed by atoms with Crippen molar-refractivity contribution in [2.24, 2.45) is 0 Å². The molecule has 1 aliphatic carbocycles. The lowest BCUT2D eigenvalue weighted by atomic mass is 10.0. The molecule has 8 heteroatoms. The highest BCUT2D eigenvalue weighted by molar-refractivity contribution is 5.95. The van der Waals surface area contributed by atoms with Gasteiger partial charge in [-0.1, -0.05) is 24.3 Å². The van der Waals surface area contributed by atoms with Gasteiger partial charge in [-0.15, -0.1) is 0 Å². The van der Waals surface area contributed by atoms with Crippen LogP contribution in [-0.2, 0) is 0 Å². The normalized spacial score (nSPS) is 17.1. The molecule has 0 spiro atoms. The number of nitrogens with one attached hydrogen (secondary N) is 2. The Bertz CT molecular complexity index is 1320. The largest absolute Gasteiger partial charge is 0.493 e. The number of hydrogen-bond acceptors (Lipinski definition) is 6. The lowest BCUT2D eigenvalue weighted by Gasteiger charge is -2.27. The molecule has 0 radical (unpaired) electrons. The summed E-state index contributed by atoms with van der Waals surface area (Å²) in [6, 6.07) is 13.9. The highest BCUT2D eigenvalue weighted by atomic mass is 16.5. The predicted octanol–water partition coefficient (Wildman–Crippen LogP) is 3.76. The molecule has 194 valence electrons.